The van der Waals surface area contributed by atoms with E-state index < -0.39 is 0 Å². The Morgan fingerprint density at radius 3 is 2.71 bits per heavy atom. The molecule has 1 aliphatic heterocycles. The second kappa shape index (κ2) is 5.21. The number of ether oxygens (including phenoxy) is 1. The van der Waals surface area contributed by atoms with Gasteiger partial charge in [-0.05, 0) is 43.9 Å². The maximum atomic E-state index is 11.8. The lowest BCUT2D eigenvalue weighted by molar-refractivity contribution is -0.132. The van der Waals surface area contributed by atoms with Gasteiger partial charge in [-0.15, -0.1) is 0 Å². The van der Waals surface area contributed by atoms with Crippen LogP contribution >= 0.6 is 0 Å². The highest BCUT2D eigenvalue weighted by Crippen LogP contribution is 2.19. The van der Waals surface area contributed by atoms with E-state index in [2.05, 4.69) is 0 Å². The van der Waals surface area contributed by atoms with Crippen LogP contribution in [0.15, 0.2) is 18.2 Å². The van der Waals surface area contributed by atoms with E-state index in [0.717, 1.165) is 42.8 Å². The van der Waals surface area contributed by atoms with E-state index in [4.69, 9.17) is 4.74 Å². The summed E-state index contributed by atoms with van der Waals surface area (Å²) in [5.74, 6) is 0.918. The molecule has 1 aliphatic rings. The van der Waals surface area contributed by atoms with Gasteiger partial charge in [-0.25, -0.2) is 0 Å². The maximum absolute atomic E-state index is 11.8. The normalized spacial score (nSPS) is 15.1. The molecule has 0 aromatic heterocycles. The van der Waals surface area contributed by atoms with Gasteiger partial charge in [0.05, 0.1) is 0 Å². The van der Waals surface area contributed by atoms with Gasteiger partial charge in [0, 0.05) is 13.1 Å². The average molecular weight is 233 g/mol. The monoisotopic (exact) mass is 233 g/mol. The number of nitrogens with zero attached hydrogens (tertiary/aromatic N) is 1. The number of rotatable bonds is 3. The molecule has 0 radical (unpaired) electrons. The average Bonchev–Trinajstić information content (AvgIpc) is 2.83. The lowest BCUT2D eigenvalue weighted by Crippen LogP contribution is -2.32. The van der Waals surface area contributed by atoms with Gasteiger partial charge in [0.25, 0.3) is 5.91 Å². The zero-order chi connectivity index (χ0) is 12.3. The number of amides is 1. The summed E-state index contributed by atoms with van der Waals surface area (Å²) in [5.41, 5.74) is 2.23. The van der Waals surface area contributed by atoms with E-state index in [9.17, 15) is 4.79 Å². The molecule has 0 aliphatic carbocycles. The van der Waals surface area contributed by atoms with Crippen molar-refractivity contribution in [3.8, 4) is 5.75 Å². The Bertz CT molecular complexity index is 409. The van der Waals surface area contributed by atoms with Gasteiger partial charge in [0.15, 0.2) is 6.61 Å². The molecule has 0 atom stereocenters. The van der Waals surface area contributed by atoms with Crippen LogP contribution in [0.2, 0.25) is 0 Å². The topological polar surface area (TPSA) is 29.5 Å². The van der Waals surface area contributed by atoms with Gasteiger partial charge in [-0.2, -0.15) is 0 Å². The molecule has 0 N–H and O–H groups in total. The summed E-state index contributed by atoms with van der Waals surface area (Å²) in [4.78, 5) is 13.7. The van der Waals surface area contributed by atoms with Crippen molar-refractivity contribution in [3.63, 3.8) is 0 Å². The number of hydrogen-bond donors (Lipinski definition) is 0. The van der Waals surface area contributed by atoms with E-state index in [-0.39, 0.29) is 12.5 Å². The van der Waals surface area contributed by atoms with Crippen molar-refractivity contribution in [2.75, 3.05) is 19.7 Å². The van der Waals surface area contributed by atoms with Crippen LogP contribution in [0.3, 0.4) is 0 Å². The third-order valence-electron chi connectivity index (χ3n) is 3.15. The fourth-order valence-corrected chi connectivity index (χ4v) is 2.06. The second-order valence-electron chi connectivity index (χ2n) is 4.65. The quantitative estimate of drug-likeness (QED) is 0.801. The molecule has 1 aromatic carbocycles. The molecule has 1 heterocycles. The van der Waals surface area contributed by atoms with Crippen molar-refractivity contribution in [3.05, 3.63) is 29.3 Å². The van der Waals surface area contributed by atoms with Gasteiger partial charge in [0.1, 0.15) is 5.75 Å². The molecular formula is C14H19NO2. The first kappa shape index (κ1) is 12.0. The summed E-state index contributed by atoms with van der Waals surface area (Å²) in [6.45, 7) is 5.94. The van der Waals surface area contributed by atoms with E-state index in [1.165, 1.54) is 0 Å². The van der Waals surface area contributed by atoms with E-state index in [1.54, 1.807) is 0 Å². The molecule has 92 valence electrons. The molecule has 3 heteroatoms. The molecule has 1 fully saturated rings. The first-order valence-electron chi connectivity index (χ1n) is 6.14. The van der Waals surface area contributed by atoms with Gasteiger partial charge in [-0.3, -0.25) is 4.79 Å². The standard InChI is InChI=1S/C14H19NO2/c1-11-5-6-12(2)13(9-11)17-10-14(16)15-7-3-4-8-15/h5-6,9H,3-4,7-8,10H2,1-2H3. The molecule has 0 spiro atoms. The predicted octanol–water partition coefficient (Wildman–Crippen LogP) is 2.30. The first-order valence-corrected chi connectivity index (χ1v) is 6.14. The van der Waals surface area contributed by atoms with E-state index in [1.807, 2.05) is 36.9 Å². The molecule has 2 rings (SSSR count). The van der Waals surface area contributed by atoms with Gasteiger partial charge >= 0.3 is 0 Å². The van der Waals surface area contributed by atoms with Crippen LogP contribution < -0.4 is 4.74 Å². The smallest absolute Gasteiger partial charge is 0.260 e. The molecule has 3 nitrogen and oxygen atoms in total. The summed E-state index contributed by atoms with van der Waals surface area (Å²) in [5, 5.41) is 0. The van der Waals surface area contributed by atoms with Crippen molar-refractivity contribution in [1.82, 2.24) is 4.90 Å². The molecule has 17 heavy (non-hydrogen) atoms. The summed E-state index contributed by atoms with van der Waals surface area (Å²) in [7, 11) is 0. The van der Waals surface area contributed by atoms with Crippen molar-refractivity contribution < 1.29 is 9.53 Å². The van der Waals surface area contributed by atoms with Crippen molar-refractivity contribution in [2.45, 2.75) is 26.7 Å². The Balaban J connectivity index is 1.92. The zero-order valence-electron chi connectivity index (χ0n) is 10.5. The fraction of sp³-hybridized carbons (Fsp3) is 0.500. The Hall–Kier alpha value is -1.51. The van der Waals surface area contributed by atoms with Crippen LogP contribution in [0.25, 0.3) is 0 Å². The van der Waals surface area contributed by atoms with Gasteiger partial charge < -0.3 is 9.64 Å². The highest BCUT2D eigenvalue weighted by molar-refractivity contribution is 5.78. The lowest BCUT2D eigenvalue weighted by atomic mass is 10.1. The number of likely N-dealkylation sites (tertiary alicyclic amines) is 1. The maximum Gasteiger partial charge on any atom is 0.260 e. The highest BCUT2D eigenvalue weighted by atomic mass is 16.5. The Morgan fingerprint density at radius 1 is 1.29 bits per heavy atom. The Labute approximate surface area is 102 Å². The number of benzene rings is 1. The number of hydrogen-bond acceptors (Lipinski definition) is 2. The zero-order valence-corrected chi connectivity index (χ0v) is 10.5. The molecule has 1 amide bonds. The minimum absolute atomic E-state index is 0.100. The SMILES string of the molecule is Cc1ccc(C)c(OCC(=O)N2CCCC2)c1. The third kappa shape index (κ3) is 2.99. The van der Waals surface area contributed by atoms with Crippen LogP contribution in [0.1, 0.15) is 24.0 Å². The largest absolute Gasteiger partial charge is 0.483 e. The van der Waals surface area contributed by atoms with Crippen LogP contribution in [-0.2, 0) is 4.79 Å². The molecule has 0 unspecified atom stereocenters. The van der Waals surface area contributed by atoms with Gasteiger partial charge in [-0.1, -0.05) is 12.1 Å². The summed E-state index contributed by atoms with van der Waals surface area (Å²) in [6, 6.07) is 6.04. The van der Waals surface area contributed by atoms with E-state index in [0.29, 0.717) is 0 Å². The Kier molecular flexibility index (Phi) is 3.67. The predicted molar refractivity (Wildman–Crippen MR) is 67.2 cm³/mol. The molecule has 1 saturated heterocycles. The number of carbonyl (C=O) groups is 1. The van der Waals surface area contributed by atoms with Crippen LogP contribution in [0.5, 0.6) is 5.75 Å². The minimum Gasteiger partial charge on any atom is -0.483 e. The third-order valence-corrected chi connectivity index (χ3v) is 3.15. The molecule has 0 saturated carbocycles. The number of aryl methyl sites for hydroxylation is 2. The Morgan fingerprint density at radius 2 is 2.00 bits per heavy atom. The van der Waals surface area contributed by atoms with E-state index >= 15 is 0 Å². The minimum atomic E-state index is 0.100. The van der Waals surface area contributed by atoms with Crippen LogP contribution in [0.4, 0.5) is 0 Å². The van der Waals surface area contributed by atoms with Gasteiger partial charge in [0.2, 0.25) is 0 Å². The fourth-order valence-electron chi connectivity index (χ4n) is 2.06. The summed E-state index contributed by atoms with van der Waals surface area (Å²) < 4.78 is 5.60. The summed E-state index contributed by atoms with van der Waals surface area (Å²) in [6.07, 6.45) is 2.24. The first-order chi connectivity index (χ1) is 8.16. The molecule has 0 bridgehead atoms. The molecule has 1 aromatic rings. The van der Waals surface area contributed by atoms with Crippen molar-refractivity contribution in [2.24, 2.45) is 0 Å². The summed E-state index contributed by atoms with van der Waals surface area (Å²) >= 11 is 0. The van der Waals surface area contributed by atoms with Crippen molar-refractivity contribution in [1.29, 1.82) is 0 Å². The second-order valence-corrected chi connectivity index (χ2v) is 4.65. The number of carbonyl (C=O) groups excluding carboxylic acids is 1. The van der Waals surface area contributed by atoms with Crippen LogP contribution in [-0.4, -0.2) is 30.5 Å². The van der Waals surface area contributed by atoms with Crippen LogP contribution in [0, 0.1) is 13.8 Å². The van der Waals surface area contributed by atoms with Crippen molar-refractivity contribution >= 4 is 5.91 Å². The lowest BCUT2D eigenvalue weighted by Gasteiger charge is -2.16. The highest BCUT2D eigenvalue weighted by Gasteiger charge is 2.18. The molecular weight excluding hydrogens is 214 g/mol.